The van der Waals surface area contributed by atoms with Crippen LogP contribution in [0.3, 0.4) is 0 Å². The van der Waals surface area contributed by atoms with Crippen molar-refractivity contribution in [2.45, 2.75) is 102 Å². The first kappa shape index (κ1) is 30.2. The third kappa shape index (κ3) is 5.21. The second-order valence-electron chi connectivity index (χ2n) is 13.0. The maximum Gasteiger partial charge on any atom is 0.408 e. The number of amides is 1. The molecule has 1 aromatic carbocycles. The van der Waals surface area contributed by atoms with Crippen LogP contribution in [0.5, 0.6) is 11.5 Å². The van der Waals surface area contributed by atoms with Crippen LogP contribution in [0, 0.1) is 5.92 Å². The lowest BCUT2D eigenvalue weighted by molar-refractivity contribution is -0.152. The van der Waals surface area contributed by atoms with E-state index >= 15 is 0 Å². The molecular formula is C31H42N2O9. The van der Waals surface area contributed by atoms with Gasteiger partial charge in [-0.15, -0.1) is 0 Å². The molecule has 0 radical (unpaired) electrons. The molecule has 5 rings (SSSR count). The van der Waals surface area contributed by atoms with Gasteiger partial charge >= 0.3 is 18.0 Å². The Hall–Kier alpha value is -3.31. The molecule has 1 amide bonds. The van der Waals surface area contributed by atoms with Gasteiger partial charge < -0.3 is 39.4 Å². The zero-order valence-electron chi connectivity index (χ0n) is 25.2. The fraction of sp³-hybridized carbons (Fsp3) is 0.645. The lowest BCUT2D eigenvalue weighted by Crippen LogP contribution is -2.74. The lowest BCUT2D eigenvalue weighted by Gasteiger charge is -2.59. The number of hydrogen-bond donors (Lipinski definition) is 3. The number of piperidine rings is 1. The highest BCUT2D eigenvalue weighted by Gasteiger charge is 2.71. The van der Waals surface area contributed by atoms with Gasteiger partial charge in [0.2, 0.25) is 0 Å². The molecule has 4 aliphatic rings. The summed E-state index contributed by atoms with van der Waals surface area (Å²) in [6.07, 6.45) is 1.54. The van der Waals surface area contributed by atoms with Crippen LogP contribution < -0.4 is 20.1 Å². The van der Waals surface area contributed by atoms with E-state index in [1.54, 1.807) is 34.0 Å². The van der Waals surface area contributed by atoms with Crippen LogP contribution in [0.1, 0.15) is 71.4 Å². The first-order valence-corrected chi connectivity index (χ1v) is 14.7. The molecular weight excluding hydrogens is 544 g/mol. The van der Waals surface area contributed by atoms with Crippen molar-refractivity contribution in [1.82, 2.24) is 10.6 Å². The fourth-order valence-corrected chi connectivity index (χ4v) is 6.77. The Labute approximate surface area is 246 Å². The normalized spacial score (nSPS) is 27.7. The summed E-state index contributed by atoms with van der Waals surface area (Å²) in [5.74, 6) is 0.330. The Balaban J connectivity index is 1.33. The van der Waals surface area contributed by atoms with E-state index in [0.717, 1.165) is 11.1 Å². The number of methoxy groups -OCH3 is 1. The molecule has 0 unspecified atom stereocenters. The van der Waals surface area contributed by atoms with Gasteiger partial charge in [-0.3, -0.25) is 4.79 Å². The third-order valence-electron chi connectivity index (χ3n) is 8.52. The quantitative estimate of drug-likeness (QED) is 0.292. The second kappa shape index (κ2) is 11.1. The molecule has 1 fully saturated rings. The maximum absolute atomic E-state index is 13.2. The van der Waals surface area contributed by atoms with E-state index in [1.807, 2.05) is 26.0 Å². The summed E-state index contributed by atoms with van der Waals surface area (Å²) < 4.78 is 28.6. The van der Waals surface area contributed by atoms with Gasteiger partial charge in [0.1, 0.15) is 17.4 Å². The summed E-state index contributed by atoms with van der Waals surface area (Å²) in [6.45, 7) is 9.81. The highest BCUT2D eigenvalue weighted by Crippen LogP contribution is 2.64. The van der Waals surface area contributed by atoms with Crippen molar-refractivity contribution in [3.05, 3.63) is 35.1 Å². The van der Waals surface area contributed by atoms with Crippen molar-refractivity contribution in [2.75, 3.05) is 20.3 Å². The molecule has 230 valence electrons. The van der Waals surface area contributed by atoms with Crippen molar-refractivity contribution in [2.24, 2.45) is 5.92 Å². The maximum atomic E-state index is 13.2. The van der Waals surface area contributed by atoms with Crippen molar-refractivity contribution >= 4 is 18.0 Å². The molecule has 2 aliphatic heterocycles. The van der Waals surface area contributed by atoms with Crippen molar-refractivity contribution in [1.29, 1.82) is 0 Å². The predicted molar refractivity (Wildman–Crippen MR) is 151 cm³/mol. The van der Waals surface area contributed by atoms with E-state index in [-0.39, 0.29) is 37.8 Å². The summed E-state index contributed by atoms with van der Waals surface area (Å²) in [7, 11) is 1.58. The van der Waals surface area contributed by atoms with Gasteiger partial charge in [-0.05, 0) is 70.2 Å². The molecule has 3 N–H and O–H groups in total. The van der Waals surface area contributed by atoms with E-state index < -0.39 is 46.8 Å². The number of nitrogens with one attached hydrogen (secondary N) is 2. The van der Waals surface area contributed by atoms with Crippen LogP contribution in [-0.4, -0.2) is 72.8 Å². The Morgan fingerprint density at radius 1 is 1.24 bits per heavy atom. The van der Waals surface area contributed by atoms with Crippen LogP contribution in [0.25, 0.3) is 0 Å². The van der Waals surface area contributed by atoms with Gasteiger partial charge in [0.05, 0.1) is 24.7 Å². The number of alkyl carbamates (subject to hydrolysis) is 1. The monoisotopic (exact) mass is 586 g/mol. The zero-order chi connectivity index (χ0) is 30.4. The van der Waals surface area contributed by atoms with Gasteiger partial charge in [0.25, 0.3) is 0 Å². The Kier molecular flexibility index (Phi) is 7.95. The third-order valence-corrected chi connectivity index (χ3v) is 8.52. The van der Waals surface area contributed by atoms with E-state index in [2.05, 4.69) is 10.6 Å². The molecule has 0 saturated carbocycles. The molecule has 1 aromatic rings. The van der Waals surface area contributed by atoms with Gasteiger partial charge in [-0.2, -0.15) is 0 Å². The van der Waals surface area contributed by atoms with Crippen LogP contribution >= 0.6 is 0 Å². The number of rotatable bonds is 9. The van der Waals surface area contributed by atoms with E-state index in [1.165, 1.54) is 0 Å². The molecule has 2 heterocycles. The minimum Gasteiger partial charge on any atom is -0.493 e. The lowest BCUT2D eigenvalue weighted by atomic mass is 9.50. The average molecular weight is 587 g/mol. The molecule has 5 atom stereocenters. The molecule has 1 spiro atoms. The molecule has 2 aliphatic carbocycles. The van der Waals surface area contributed by atoms with Crippen LogP contribution in [0.2, 0.25) is 0 Å². The summed E-state index contributed by atoms with van der Waals surface area (Å²) in [6, 6.07) is 2.62. The number of carbonyl (C=O) groups is 3. The molecule has 11 heteroatoms. The smallest absolute Gasteiger partial charge is 0.408 e. The summed E-state index contributed by atoms with van der Waals surface area (Å²) >= 11 is 0. The summed E-state index contributed by atoms with van der Waals surface area (Å²) in [4.78, 5) is 38.4. The predicted octanol–water partition coefficient (Wildman–Crippen LogP) is 3.05. The number of hydrogen-bond acceptors (Lipinski definition) is 10. The molecule has 2 bridgehead atoms. The summed E-state index contributed by atoms with van der Waals surface area (Å²) in [5.41, 5.74) is -0.675. The van der Waals surface area contributed by atoms with Gasteiger partial charge in [-0.25, -0.2) is 9.59 Å². The topological polar surface area (TPSA) is 142 Å². The zero-order valence-corrected chi connectivity index (χ0v) is 25.2. The minimum absolute atomic E-state index is 0.0485. The van der Waals surface area contributed by atoms with E-state index in [9.17, 15) is 19.5 Å². The highest BCUT2D eigenvalue weighted by molar-refractivity contribution is 5.82. The Morgan fingerprint density at radius 3 is 2.69 bits per heavy atom. The average Bonchev–Trinajstić information content (AvgIpc) is 3.25. The first-order chi connectivity index (χ1) is 19.8. The standard InChI is InChI=1S/C31H42N2O9/c1-17(2)16-39-27(35)19(33-28(36)42-29(3,4)5)8-10-23(34)40-21-11-12-31(37)22-15-18-7-9-20(38-6)25-24(18)30(31,13-14-32-22)26(21)41-25/h7,9,11,17,19,22,26,32,37H,8,10,12-16H2,1-6H3,(H,33,36)/t19-,22+,26-,30-,31+/m0/s1. The largest absolute Gasteiger partial charge is 0.493 e. The van der Waals surface area contributed by atoms with Crippen LogP contribution in [0.4, 0.5) is 4.79 Å². The molecule has 42 heavy (non-hydrogen) atoms. The van der Waals surface area contributed by atoms with E-state index in [4.69, 9.17) is 23.7 Å². The molecule has 0 aromatic heterocycles. The van der Waals surface area contributed by atoms with Crippen LogP contribution in [0.15, 0.2) is 24.0 Å². The molecule has 1 saturated heterocycles. The number of benzene rings is 1. The Bertz CT molecular complexity index is 1290. The number of esters is 2. The summed E-state index contributed by atoms with van der Waals surface area (Å²) in [5, 5.41) is 18.2. The molecule has 11 nitrogen and oxygen atoms in total. The van der Waals surface area contributed by atoms with Crippen molar-refractivity contribution in [3.8, 4) is 11.5 Å². The van der Waals surface area contributed by atoms with E-state index in [0.29, 0.717) is 36.6 Å². The van der Waals surface area contributed by atoms with Crippen molar-refractivity contribution in [3.63, 3.8) is 0 Å². The van der Waals surface area contributed by atoms with Gasteiger partial charge in [0.15, 0.2) is 17.6 Å². The SMILES string of the molecule is COc1ccc2c3c1O[C@H]1C(OC(=O)CC[C@H](NC(=O)OC(C)(C)C)C(=O)OCC(C)C)=CC[C@@]4(O)[C@@H](C2)NCC[C@]314. The fourth-order valence-electron chi connectivity index (χ4n) is 6.77. The minimum atomic E-state index is -1.13. The van der Waals surface area contributed by atoms with Gasteiger partial charge in [-0.1, -0.05) is 19.9 Å². The second-order valence-corrected chi connectivity index (χ2v) is 13.0. The van der Waals surface area contributed by atoms with Crippen LogP contribution in [-0.2, 0) is 35.6 Å². The Morgan fingerprint density at radius 2 is 2.00 bits per heavy atom. The van der Waals surface area contributed by atoms with Gasteiger partial charge in [0, 0.05) is 24.4 Å². The highest BCUT2D eigenvalue weighted by atomic mass is 16.6. The first-order valence-electron chi connectivity index (χ1n) is 14.7. The number of carbonyl (C=O) groups excluding carboxylic acids is 3. The number of aliphatic hydroxyl groups is 1. The van der Waals surface area contributed by atoms with Crippen molar-refractivity contribution < 1.29 is 43.2 Å². The number of ether oxygens (including phenoxy) is 5.